The SMILES string of the molecule is C=CCN1C(=O)[C@H](CC(=O)N2CCN(C(=O)OCC)CC2)[C@@]2(C(=O)OCC)CCCC=C12. The number of rotatable bonds is 7. The van der Waals surface area contributed by atoms with E-state index in [1.165, 1.54) is 0 Å². The molecular weight excluding hydrogens is 414 g/mol. The average Bonchev–Trinajstić information content (AvgIpc) is 3.03. The van der Waals surface area contributed by atoms with E-state index in [0.717, 1.165) is 12.8 Å². The van der Waals surface area contributed by atoms with Gasteiger partial charge < -0.3 is 24.2 Å². The first kappa shape index (κ1) is 23.8. The molecule has 176 valence electrons. The highest BCUT2D eigenvalue weighted by atomic mass is 16.6. The number of likely N-dealkylation sites (tertiary alicyclic amines) is 1. The van der Waals surface area contributed by atoms with Crippen molar-refractivity contribution >= 4 is 23.9 Å². The summed E-state index contributed by atoms with van der Waals surface area (Å²) in [7, 11) is 0. The van der Waals surface area contributed by atoms with Crippen LogP contribution in [0.5, 0.6) is 0 Å². The van der Waals surface area contributed by atoms with Gasteiger partial charge in [-0.3, -0.25) is 14.4 Å². The molecule has 2 saturated heterocycles. The fourth-order valence-corrected chi connectivity index (χ4v) is 5.00. The standard InChI is InChI=1S/C23H33N3O6/c1-4-11-26-18-9-7-8-10-23(18,21(29)31-5-2)17(20(26)28)16-19(27)24-12-14-25(15-13-24)22(30)32-6-3/h4,9,17H,1,5-8,10-16H2,2-3H3/t17-,23-/m0/s1. The van der Waals surface area contributed by atoms with Gasteiger partial charge in [-0.1, -0.05) is 12.2 Å². The van der Waals surface area contributed by atoms with Crippen LogP contribution in [-0.4, -0.2) is 84.5 Å². The number of carbonyl (C=O) groups excluding carboxylic acids is 4. The highest BCUT2D eigenvalue weighted by molar-refractivity contribution is 5.99. The number of allylic oxidation sites excluding steroid dienone is 1. The van der Waals surface area contributed by atoms with E-state index in [-0.39, 0.29) is 37.5 Å². The minimum Gasteiger partial charge on any atom is -0.465 e. The van der Waals surface area contributed by atoms with E-state index < -0.39 is 17.3 Å². The Balaban J connectivity index is 1.79. The van der Waals surface area contributed by atoms with Gasteiger partial charge in [-0.25, -0.2) is 4.79 Å². The number of esters is 1. The maximum atomic E-state index is 13.4. The second-order valence-corrected chi connectivity index (χ2v) is 8.23. The lowest BCUT2D eigenvalue weighted by Gasteiger charge is -2.37. The van der Waals surface area contributed by atoms with Gasteiger partial charge >= 0.3 is 12.1 Å². The number of carbonyl (C=O) groups is 4. The predicted molar refractivity (Wildman–Crippen MR) is 116 cm³/mol. The molecule has 1 aliphatic carbocycles. The molecule has 3 amide bonds. The zero-order valence-electron chi connectivity index (χ0n) is 19.0. The van der Waals surface area contributed by atoms with E-state index >= 15 is 0 Å². The molecule has 2 heterocycles. The molecule has 32 heavy (non-hydrogen) atoms. The van der Waals surface area contributed by atoms with Gasteiger partial charge in [0, 0.05) is 44.8 Å². The van der Waals surface area contributed by atoms with Gasteiger partial charge in [0.15, 0.2) is 0 Å². The quantitative estimate of drug-likeness (QED) is 0.437. The van der Waals surface area contributed by atoms with E-state index in [4.69, 9.17) is 9.47 Å². The number of fused-ring (bicyclic) bond motifs is 1. The molecule has 0 radical (unpaired) electrons. The minimum atomic E-state index is -1.13. The Labute approximate surface area is 189 Å². The third kappa shape index (κ3) is 4.25. The van der Waals surface area contributed by atoms with Crippen LogP contribution in [0.1, 0.15) is 39.5 Å². The first-order chi connectivity index (χ1) is 15.4. The Hall–Kier alpha value is -2.84. The molecule has 2 aliphatic heterocycles. The fourth-order valence-electron chi connectivity index (χ4n) is 5.00. The van der Waals surface area contributed by atoms with Crippen LogP contribution >= 0.6 is 0 Å². The van der Waals surface area contributed by atoms with E-state index in [9.17, 15) is 19.2 Å². The van der Waals surface area contributed by atoms with Gasteiger partial charge in [-0.05, 0) is 33.1 Å². The number of hydrogen-bond donors (Lipinski definition) is 0. The summed E-state index contributed by atoms with van der Waals surface area (Å²) in [4.78, 5) is 56.5. The molecule has 3 aliphatic rings. The normalized spacial score (nSPS) is 25.2. The van der Waals surface area contributed by atoms with Crippen LogP contribution in [-0.2, 0) is 23.9 Å². The number of piperazine rings is 1. The second-order valence-electron chi connectivity index (χ2n) is 8.23. The van der Waals surface area contributed by atoms with Crippen LogP contribution in [0.3, 0.4) is 0 Å². The van der Waals surface area contributed by atoms with Crippen molar-refractivity contribution in [1.29, 1.82) is 0 Å². The van der Waals surface area contributed by atoms with Gasteiger partial charge in [0.05, 0.1) is 19.1 Å². The van der Waals surface area contributed by atoms with Crippen LogP contribution in [0.2, 0.25) is 0 Å². The number of nitrogens with zero attached hydrogens (tertiary/aromatic N) is 3. The molecule has 0 unspecified atom stereocenters. The molecule has 0 aromatic carbocycles. The Morgan fingerprint density at radius 1 is 1.12 bits per heavy atom. The van der Waals surface area contributed by atoms with Crippen LogP contribution < -0.4 is 0 Å². The maximum absolute atomic E-state index is 13.4. The van der Waals surface area contributed by atoms with Gasteiger partial charge in [0.2, 0.25) is 11.8 Å². The zero-order valence-corrected chi connectivity index (χ0v) is 19.0. The molecule has 9 heteroatoms. The molecule has 3 rings (SSSR count). The average molecular weight is 448 g/mol. The largest absolute Gasteiger partial charge is 0.465 e. The van der Waals surface area contributed by atoms with Crippen molar-refractivity contribution in [1.82, 2.24) is 14.7 Å². The number of ether oxygens (including phenoxy) is 2. The summed E-state index contributed by atoms with van der Waals surface area (Å²) < 4.78 is 10.4. The van der Waals surface area contributed by atoms with Crippen molar-refractivity contribution in [2.75, 3.05) is 45.9 Å². The molecule has 9 nitrogen and oxygen atoms in total. The summed E-state index contributed by atoms with van der Waals surface area (Å²) in [6.45, 7) is 9.50. The first-order valence-corrected chi connectivity index (χ1v) is 11.4. The lowest BCUT2D eigenvalue weighted by Crippen LogP contribution is -2.52. The highest BCUT2D eigenvalue weighted by Gasteiger charge is 2.62. The van der Waals surface area contributed by atoms with Crippen LogP contribution in [0, 0.1) is 11.3 Å². The molecule has 0 aromatic heterocycles. The third-order valence-corrected chi connectivity index (χ3v) is 6.51. The van der Waals surface area contributed by atoms with Crippen molar-refractivity contribution < 1.29 is 28.7 Å². The summed E-state index contributed by atoms with van der Waals surface area (Å²) >= 11 is 0. The van der Waals surface area contributed by atoms with Crippen molar-refractivity contribution in [3.8, 4) is 0 Å². The Bertz CT molecular complexity index is 802. The van der Waals surface area contributed by atoms with Crippen molar-refractivity contribution in [3.05, 3.63) is 24.4 Å². The Morgan fingerprint density at radius 3 is 2.41 bits per heavy atom. The summed E-state index contributed by atoms with van der Waals surface area (Å²) in [5.74, 6) is -1.66. The van der Waals surface area contributed by atoms with Crippen molar-refractivity contribution in [3.63, 3.8) is 0 Å². The lowest BCUT2D eigenvalue weighted by molar-refractivity contribution is -0.158. The molecule has 2 fully saturated rings. The molecule has 0 saturated carbocycles. The van der Waals surface area contributed by atoms with E-state index in [1.807, 2.05) is 6.08 Å². The van der Waals surface area contributed by atoms with Gasteiger partial charge in [0.1, 0.15) is 5.41 Å². The summed E-state index contributed by atoms with van der Waals surface area (Å²) in [5.41, 5.74) is -0.478. The van der Waals surface area contributed by atoms with Crippen LogP contribution in [0.15, 0.2) is 24.4 Å². The Kier molecular flexibility index (Phi) is 7.58. The monoisotopic (exact) mass is 447 g/mol. The zero-order chi connectivity index (χ0) is 23.3. The molecule has 0 aromatic rings. The number of amides is 3. The molecule has 0 spiro atoms. The number of hydrogen-bond acceptors (Lipinski definition) is 6. The van der Waals surface area contributed by atoms with Crippen molar-refractivity contribution in [2.45, 2.75) is 39.5 Å². The van der Waals surface area contributed by atoms with Gasteiger partial charge in [0.25, 0.3) is 0 Å². The van der Waals surface area contributed by atoms with E-state index in [2.05, 4.69) is 6.58 Å². The molecule has 2 atom stereocenters. The summed E-state index contributed by atoms with van der Waals surface area (Å²) in [6.07, 6.45) is 5.11. The summed E-state index contributed by atoms with van der Waals surface area (Å²) in [5, 5.41) is 0. The fraction of sp³-hybridized carbons (Fsp3) is 0.652. The minimum absolute atomic E-state index is 0.0674. The highest BCUT2D eigenvalue weighted by Crippen LogP contribution is 2.53. The van der Waals surface area contributed by atoms with Crippen LogP contribution in [0.25, 0.3) is 0 Å². The first-order valence-electron chi connectivity index (χ1n) is 11.4. The lowest BCUT2D eigenvalue weighted by atomic mass is 9.68. The predicted octanol–water partition coefficient (Wildman–Crippen LogP) is 1.94. The molecule has 0 N–H and O–H groups in total. The third-order valence-electron chi connectivity index (χ3n) is 6.51. The summed E-state index contributed by atoms with van der Waals surface area (Å²) in [6, 6.07) is 0. The maximum Gasteiger partial charge on any atom is 0.409 e. The van der Waals surface area contributed by atoms with E-state index in [0.29, 0.717) is 44.9 Å². The smallest absolute Gasteiger partial charge is 0.409 e. The second kappa shape index (κ2) is 10.2. The Morgan fingerprint density at radius 2 is 1.78 bits per heavy atom. The van der Waals surface area contributed by atoms with Gasteiger partial charge in [-0.2, -0.15) is 0 Å². The molecular formula is C23H33N3O6. The van der Waals surface area contributed by atoms with Gasteiger partial charge in [-0.15, -0.1) is 6.58 Å². The van der Waals surface area contributed by atoms with Crippen molar-refractivity contribution in [2.24, 2.45) is 11.3 Å². The molecule has 0 bridgehead atoms. The van der Waals surface area contributed by atoms with Crippen LogP contribution in [0.4, 0.5) is 4.79 Å². The topological polar surface area (TPSA) is 96.5 Å². The van der Waals surface area contributed by atoms with E-state index in [1.54, 1.807) is 34.6 Å².